The summed E-state index contributed by atoms with van der Waals surface area (Å²) in [4.78, 5) is 24.3. The van der Waals surface area contributed by atoms with Gasteiger partial charge in [0.25, 0.3) is 0 Å². The second-order valence-corrected chi connectivity index (χ2v) is 3.20. The van der Waals surface area contributed by atoms with E-state index >= 15 is 0 Å². The number of esters is 1. The second-order valence-electron chi connectivity index (χ2n) is 3.20. The fourth-order valence-corrected chi connectivity index (χ4v) is 1.67. The number of likely N-dealkylation sites (tertiary alicyclic amines) is 1. The molecule has 1 amide bonds. The molecule has 0 saturated carbocycles. The first kappa shape index (κ1) is 11.0. The van der Waals surface area contributed by atoms with Gasteiger partial charge in [-0.05, 0) is 19.8 Å². The number of hydrogen-bond acceptors (Lipinski definition) is 4. The molecule has 1 atom stereocenters. The molecule has 0 aromatic rings. The molecule has 0 spiro atoms. The summed E-state index contributed by atoms with van der Waals surface area (Å²) in [5.74, 6) is -0.493. The van der Waals surface area contributed by atoms with E-state index in [2.05, 4.69) is 0 Å². The van der Waals surface area contributed by atoms with Crippen LogP contribution in [0, 0.1) is 0 Å². The monoisotopic (exact) mass is 200 g/mol. The lowest BCUT2D eigenvalue weighted by Gasteiger charge is -2.22. The summed E-state index contributed by atoms with van der Waals surface area (Å²) in [5, 5.41) is 0. The number of hydrogen-bond donors (Lipinski definition) is 1. The molecular weight excluding hydrogens is 184 g/mol. The summed E-state index contributed by atoms with van der Waals surface area (Å²) < 4.78 is 4.88. The van der Waals surface area contributed by atoms with Crippen molar-refractivity contribution in [1.82, 2.24) is 4.90 Å². The van der Waals surface area contributed by atoms with Crippen LogP contribution in [0.25, 0.3) is 0 Å². The Labute approximate surface area is 83.2 Å². The van der Waals surface area contributed by atoms with E-state index in [-0.39, 0.29) is 18.4 Å². The molecule has 14 heavy (non-hydrogen) atoms. The van der Waals surface area contributed by atoms with Gasteiger partial charge in [-0.1, -0.05) is 0 Å². The van der Waals surface area contributed by atoms with Crippen LogP contribution in [0.4, 0.5) is 0 Å². The third-order valence-electron chi connectivity index (χ3n) is 2.31. The zero-order chi connectivity index (χ0) is 10.6. The summed E-state index contributed by atoms with van der Waals surface area (Å²) in [5.41, 5.74) is 5.24. The highest BCUT2D eigenvalue weighted by Gasteiger charge is 2.34. The highest BCUT2D eigenvalue weighted by molar-refractivity contribution is 5.86. The number of carbonyl (C=O) groups excluding carboxylic acids is 2. The predicted octanol–water partition coefficient (Wildman–Crippen LogP) is -0.501. The fourth-order valence-electron chi connectivity index (χ4n) is 1.67. The minimum atomic E-state index is -0.411. The van der Waals surface area contributed by atoms with Crippen molar-refractivity contribution >= 4 is 11.9 Å². The summed E-state index contributed by atoms with van der Waals surface area (Å²) in [6.07, 6.45) is 1.53. The Bertz CT molecular complexity index is 230. The lowest BCUT2D eigenvalue weighted by molar-refractivity contribution is -0.152. The van der Waals surface area contributed by atoms with Gasteiger partial charge in [0.1, 0.15) is 6.04 Å². The van der Waals surface area contributed by atoms with E-state index in [1.54, 1.807) is 6.92 Å². The molecule has 5 nitrogen and oxygen atoms in total. The minimum Gasteiger partial charge on any atom is -0.464 e. The van der Waals surface area contributed by atoms with Gasteiger partial charge in [-0.25, -0.2) is 4.79 Å². The minimum absolute atomic E-state index is 0.0457. The van der Waals surface area contributed by atoms with Gasteiger partial charge >= 0.3 is 5.97 Å². The van der Waals surface area contributed by atoms with E-state index < -0.39 is 6.04 Å². The molecule has 1 aliphatic heterocycles. The number of ether oxygens (including phenoxy) is 1. The molecule has 80 valence electrons. The van der Waals surface area contributed by atoms with E-state index in [0.29, 0.717) is 19.6 Å². The molecule has 1 rings (SSSR count). The Morgan fingerprint density at radius 3 is 2.86 bits per heavy atom. The standard InChI is InChI=1S/C9H16N2O3/c1-2-14-9(13)7-4-3-5-11(7)8(12)6-10/h7H,2-6,10H2,1H3/t7-/m0/s1. The summed E-state index contributed by atoms with van der Waals surface area (Å²) in [6, 6.07) is -0.411. The topological polar surface area (TPSA) is 72.6 Å². The smallest absolute Gasteiger partial charge is 0.328 e. The van der Waals surface area contributed by atoms with Crippen LogP contribution in [0.2, 0.25) is 0 Å². The molecule has 1 fully saturated rings. The molecule has 1 heterocycles. The normalized spacial score (nSPS) is 21.0. The molecule has 1 saturated heterocycles. The van der Waals surface area contributed by atoms with Crippen molar-refractivity contribution in [2.45, 2.75) is 25.8 Å². The van der Waals surface area contributed by atoms with E-state index in [9.17, 15) is 9.59 Å². The van der Waals surface area contributed by atoms with Gasteiger partial charge in [0, 0.05) is 6.54 Å². The highest BCUT2D eigenvalue weighted by atomic mass is 16.5. The van der Waals surface area contributed by atoms with Crippen molar-refractivity contribution in [3.8, 4) is 0 Å². The van der Waals surface area contributed by atoms with Crippen LogP contribution in [0.15, 0.2) is 0 Å². The molecule has 0 unspecified atom stereocenters. The molecule has 5 heteroatoms. The Kier molecular flexibility index (Phi) is 3.88. The average molecular weight is 200 g/mol. The number of rotatable bonds is 3. The van der Waals surface area contributed by atoms with Crippen LogP contribution in [-0.2, 0) is 14.3 Å². The summed E-state index contributed by atoms with van der Waals surface area (Å²) >= 11 is 0. The van der Waals surface area contributed by atoms with Gasteiger partial charge in [-0.2, -0.15) is 0 Å². The molecule has 2 N–H and O–H groups in total. The lowest BCUT2D eigenvalue weighted by Crippen LogP contribution is -2.44. The molecule has 0 bridgehead atoms. The maximum atomic E-state index is 11.4. The number of amides is 1. The van der Waals surface area contributed by atoms with Crippen LogP contribution in [0.3, 0.4) is 0 Å². The average Bonchev–Trinajstić information content (AvgIpc) is 2.65. The van der Waals surface area contributed by atoms with Gasteiger partial charge in [-0.3, -0.25) is 4.79 Å². The fraction of sp³-hybridized carbons (Fsp3) is 0.778. The van der Waals surface area contributed by atoms with Gasteiger partial charge in [0.15, 0.2) is 0 Å². The first-order valence-electron chi connectivity index (χ1n) is 4.86. The quantitative estimate of drug-likeness (QED) is 0.623. The summed E-state index contributed by atoms with van der Waals surface area (Å²) in [7, 11) is 0. The largest absolute Gasteiger partial charge is 0.464 e. The van der Waals surface area contributed by atoms with Crippen molar-refractivity contribution in [2.75, 3.05) is 19.7 Å². The zero-order valence-electron chi connectivity index (χ0n) is 8.36. The Morgan fingerprint density at radius 2 is 2.29 bits per heavy atom. The Morgan fingerprint density at radius 1 is 1.57 bits per heavy atom. The van der Waals surface area contributed by atoms with Crippen molar-refractivity contribution in [3.63, 3.8) is 0 Å². The maximum absolute atomic E-state index is 11.4. The van der Waals surface area contributed by atoms with Crippen molar-refractivity contribution in [2.24, 2.45) is 5.73 Å². The highest BCUT2D eigenvalue weighted by Crippen LogP contribution is 2.18. The third kappa shape index (κ3) is 2.23. The van der Waals surface area contributed by atoms with Crippen molar-refractivity contribution in [3.05, 3.63) is 0 Å². The molecule has 0 aromatic carbocycles. The molecular formula is C9H16N2O3. The Balaban J connectivity index is 2.59. The molecule has 1 aliphatic rings. The zero-order valence-corrected chi connectivity index (χ0v) is 8.36. The second kappa shape index (κ2) is 4.95. The lowest BCUT2D eigenvalue weighted by atomic mass is 10.2. The molecule has 0 aromatic heterocycles. The van der Waals surface area contributed by atoms with Crippen LogP contribution >= 0.6 is 0 Å². The SMILES string of the molecule is CCOC(=O)[C@@H]1CCCN1C(=O)CN. The molecule has 0 radical (unpaired) electrons. The summed E-state index contributed by atoms with van der Waals surface area (Å²) in [6.45, 7) is 2.66. The van der Waals surface area contributed by atoms with Gasteiger partial charge in [0.2, 0.25) is 5.91 Å². The Hall–Kier alpha value is -1.10. The van der Waals surface area contributed by atoms with Crippen molar-refractivity contribution in [1.29, 1.82) is 0 Å². The maximum Gasteiger partial charge on any atom is 0.328 e. The van der Waals surface area contributed by atoms with Gasteiger partial charge in [0.05, 0.1) is 13.2 Å². The van der Waals surface area contributed by atoms with E-state index in [0.717, 1.165) is 6.42 Å². The first-order chi connectivity index (χ1) is 6.70. The van der Waals surface area contributed by atoms with E-state index in [1.165, 1.54) is 4.90 Å². The van der Waals surface area contributed by atoms with Crippen molar-refractivity contribution < 1.29 is 14.3 Å². The van der Waals surface area contributed by atoms with E-state index in [4.69, 9.17) is 10.5 Å². The van der Waals surface area contributed by atoms with Crippen LogP contribution in [0.1, 0.15) is 19.8 Å². The van der Waals surface area contributed by atoms with Crippen LogP contribution < -0.4 is 5.73 Å². The number of carbonyl (C=O) groups is 2. The third-order valence-corrected chi connectivity index (χ3v) is 2.31. The van der Waals surface area contributed by atoms with Crippen LogP contribution in [0.5, 0.6) is 0 Å². The van der Waals surface area contributed by atoms with Crippen LogP contribution in [-0.4, -0.2) is 42.5 Å². The predicted molar refractivity (Wildman–Crippen MR) is 50.4 cm³/mol. The van der Waals surface area contributed by atoms with Gasteiger partial charge < -0.3 is 15.4 Å². The molecule has 0 aliphatic carbocycles. The first-order valence-corrected chi connectivity index (χ1v) is 4.86. The van der Waals surface area contributed by atoms with Gasteiger partial charge in [-0.15, -0.1) is 0 Å². The number of nitrogens with zero attached hydrogens (tertiary/aromatic N) is 1. The van der Waals surface area contributed by atoms with E-state index in [1.807, 2.05) is 0 Å². The number of nitrogens with two attached hydrogens (primary N) is 1.